The molecule has 64 valence electrons. The Balaban J connectivity index is 2.27. The molecule has 12 heavy (non-hydrogen) atoms. The number of Topliss-reactive ketones (excluding diaryl/α,β-unsaturated/α-hetero) is 1. The highest BCUT2D eigenvalue weighted by molar-refractivity contribution is 7.14. The smallest absolute Gasteiger partial charge is 0.175 e. The van der Waals surface area contributed by atoms with E-state index in [0.29, 0.717) is 11.7 Å². The van der Waals surface area contributed by atoms with Gasteiger partial charge in [0.15, 0.2) is 5.78 Å². The SMILES string of the molecule is Cc1cc(C(=O)C2CC2)sc1C. The lowest BCUT2D eigenvalue weighted by molar-refractivity contribution is 0.0971. The second kappa shape index (κ2) is 2.70. The minimum Gasteiger partial charge on any atom is -0.293 e. The number of hydrogen-bond acceptors (Lipinski definition) is 2. The predicted octanol–water partition coefficient (Wildman–Crippen LogP) is 2.96. The van der Waals surface area contributed by atoms with Gasteiger partial charge in [-0.2, -0.15) is 0 Å². The molecule has 2 heteroatoms. The maximum Gasteiger partial charge on any atom is 0.175 e. The Bertz CT molecular complexity index is 301. The van der Waals surface area contributed by atoms with E-state index in [2.05, 4.69) is 13.8 Å². The van der Waals surface area contributed by atoms with Crippen molar-refractivity contribution in [2.24, 2.45) is 5.92 Å². The molecule has 1 aromatic heterocycles. The standard InChI is InChI=1S/C10H12OS/c1-6-5-9(12-7(6)2)10(11)8-3-4-8/h5,8H,3-4H2,1-2H3. The predicted molar refractivity (Wildman–Crippen MR) is 50.8 cm³/mol. The van der Waals surface area contributed by atoms with Gasteiger partial charge >= 0.3 is 0 Å². The number of carbonyl (C=O) groups is 1. The highest BCUT2D eigenvalue weighted by atomic mass is 32.1. The summed E-state index contributed by atoms with van der Waals surface area (Å²) in [5.41, 5.74) is 1.25. The molecule has 0 amide bonds. The highest BCUT2D eigenvalue weighted by Gasteiger charge is 2.31. The molecule has 1 aromatic rings. The minimum absolute atomic E-state index is 0.363. The van der Waals surface area contributed by atoms with E-state index in [0.717, 1.165) is 17.7 Å². The van der Waals surface area contributed by atoms with Gasteiger partial charge in [-0.3, -0.25) is 4.79 Å². The molecule has 2 rings (SSSR count). The van der Waals surface area contributed by atoms with Crippen molar-refractivity contribution < 1.29 is 4.79 Å². The fourth-order valence-corrected chi connectivity index (χ4v) is 2.29. The zero-order valence-corrected chi connectivity index (χ0v) is 8.20. The fourth-order valence-electron chi connectivity index (χ4n) is 1.24. The molecule has 0 N–H and O–H groups in total. The second-order valence-corrected chi connectivity index (χ2v) is 4.74. The molecule has 1 fully saturated rings. The van der Waals surface area contributed by atoms with Gasteiger partial charge in [-0.25, -0.2) is 0 Å². The van der Waals surface area contributed by atoms with Crippen LogP contribution in [0.15, 0.2) is 6.07 Å². The Hall–Kier alpha value is -0.630. The average Bonchev–Trinajstić information content (AvgIpc) is 2.80. The highest BCUT2D eigenvalue weighted by Crippen LogP contribution is 2.35. The molecule has 1 nitrogen and oxygen atoms in total. The summed E-state index contributed by atoms with van der Waals surface area (Å²) in [5, 5.41) is 0. The first kappa shape index (κ1) is 7.99. The van der Waals surface area contributed by atoms with E-state index < -0.39 is 0 Å². The van der Waals surface area contributed by atoms with Crippen molar-refractivity contribution in [2.45, 2.75) is 26.7 Å². The molecule has 0 radical (unpaired) electrons. The maximum absolute atomic E-state index is 11.6. The molecule has 1 aliphatic carbocycles. The van der Waals surface area contributed by atoms with E-state index in [4.69, 9.17) is 0 Å². The van der Waals surface area contributed by atoms with Gasteiger partial charge < -0.3 is 0 Å². The molecule has 1 aliphatic rings. The zero-order chi connectivity index (χ0) is 8.72. The quantitative estimate of drug-likeness (QED) is 0.639. The van der Waals surface area contributed by atoms with Crippen LogP contribution in [0, 0.1) is 19.8 Å². The fraction of sp³-hybridized carbons (Fsp3) is 0.500. The van der Waals surface area contributed by atoms with Crippen LogP contribution < -0.4 is 0 Å². The van der Waals surface area contributed by atoms with Crippen molar-refractivity contribution in [1.29, 1.82) is 0 Å². The monoisotopic (exact) mass is 180 g/mol. The van der Waals surface area contributed by atoms with Gasteiger partial charge in [-0.15, -0.1) is 11.3 Å². The molecular weight excluding hydrogens is 168 g/mol. The van der Waals surface area contributed by atoms with Crippen molar-refractivity contribution in [3.05, 3.63) is 21.4 Å². The van der Waals surface area contributed by atoms with Gasteiger partial charge in [0.25, 0.3) is 0 Å². The molecule has 1 saturated carbocycles. The molecule has 0 unspecified atom stereocenters. The summed E-state index contributed by atoms with van der Waals surface area (Å²) in [4.78, 5) is 13.8. The van der Waals surface area contributed by atoms with E-state index in [-0.39, 0.29) is 0 Å². The third kappa shape index (κ3) is 1.31. The Morgan fingerprint density at radius 2 is 2.17 bits per heavy atom. The third-order valence-electron chi connectivity index (χ3n) is 2.36. The molecule has 0 bridgehead atoms. The van der Waals surface area contributed by atoms with Crippen molar-refractivity contribution in [3.63, 3.8) is 0 Å². The lowest BCUT2D eigenvalue weighted by atomic mass is 10.2. The Morgan fingerprint density at radius 3 is 2.58 bits per heavy atom. The minimum atomic E-state index is 0.363. The first-order valence-corrected chi connectivity index (χ1v) is 5.11. The van der Waals surface area contributed by atoms with Crippen LogP contribution in [0.1, 0.15) is 33.0 Å². The number of rotatable bonds is 2. The van der Waals surface area contributed by atoms with E-state index in [1.165, 1.54) is 10.4 Å². The number of hydrogen-bond donors (Lipinski definition) is 0. The summed E-state index contributed by atoms with van der Waals surface area (Å²) in [7, 11) is 0. The third-order valence-corrected chi connectivity index (χ3v) is 3.52. The lowest BCUT2D eigenvalue weighted by Gasteiger charge is -1.89. The molecular formula is C10H12OS. The van der Waals surface area contributed by atoms with Gasteiger partial charge in [-0.1, -0.05) is 0 Å². The summed E-state index contributed by atoms with van der Waals surface area (Å²) in [5.74, 6) is 0.735. The van der Waals surface area contributed by atoms with Crippen LogP contribution in [-0.4, -0.2) is 5.78 Å². The number of ketones is 1. The first-order chi connectivity index (χ1) is 5.68. The van der Waals surface area contributed by atoms with Crippen LogP contribution in [0.25, 0.3) is 0 Å². The van der Waals surface area contributed by atoms with Gasteiger partial charge in [-0.05, 0) is 38.3 Å². The van der Waals surface area contributed by atoms with E-state index in [9.17, 15) is 4.79 Å². The van der Waals surface area contributed by atoms with Gasteiger partial charge in [0.1, 0.15) is 0 Å². The average molecular weight is 180 g/mol. The van der Waals surface area contributed by atoms with Crippen LogP contribution in [0.5, 0.6) is 0 Å². The summed E-state index contributed by atoms with van der Waals surface area (Å²) in [6.45, 7) is 4.14. The molecule has 0 saturated heterocycles. The molecule has 0 aliphatic heterocycles. The molecule has 1 heterocycles. The summed E-state index contributed by atoms with van der Waals surface area (Å²) < 4.78 is 0. The van der Waals surface area contributed by atoms with Crippen molar-refractivity contribution >= 4 is 17.1 Å². The Labute approximate surface area is 76.4 Å². The lowest BCUT2D eigenvalue weighted by Crippen LogP contribution is -1.96. The van der Waals surface area contributed by atoms with Gasteiger partial charge in [0.2, 0.25) is 0 Å². The van der Waals surface area contributed by atoms with Gasteiger partial charge in [0, 0.05) is 10.8 Å². The summed E-state index contributed by atoms with van der Waals surface area (Å²) >= 11 is 1.64. The second-order valence-electron chi connectivity index (χ2n) is 3.49. The van der Waals surface area contributed by atoms with Crippen LogP contribution in [-0.2, 0) is 0 Å². The number of thiophene rings is 1. The van der Waals surface area contributed by atoms with Crippen molar-refractivity contribution in [1.82, 2.24) is 0 Å². The zero-order valence-electron chi connectivity index (χ0n) is 7.39. The normalized spacial score (nSPS) is 16.5. The first-order valence-electron chi connectivity index (χ1n) is 4.29. The van der Waals surface area contributed by atoms with Crippen molar-refractivity contribution in [2.75, 3.05) is 0 Å². The van der Waals surface area contributed by atoms with Crippen LogP contribution >= 0.6 is 11.3 Å². The van der Waals surface area contributed by atoms with E-state index >= 15 is 0 Å². The number of carbonyl (C=O) groups excluding carboxylic acids is 1. The molecule has 0 atom stereocenters. The molecule has 0 spiro atoms. The van der Waals surface area contributed by atoms with Crippen LogP contribution in [0.4, 0.5) is 0 Å². The number of aryl methyl sites for hydroxylation is 2. The largest absolute Gasteiger partial charge is 0.293 e. The van der Waals surface area contributed by atoms with Crippen LogP contribution in [0.2, 0.25) is 0 Å². The Morgan fingerprint density at radius 1 is 1.50 bits per heavy atom. The molecule has 0 aromatic carbocycles. The summed E-state index contributed by atoms with van der Waals surface area (Å²) in [6.07, 6.45) is 2.21. The van der Waals surface area contributed by atoms with Crippen LogP contribution in [0.3, 0.4) is 0 Å². The topological polar surface area (TPSA) is 17.1 Å². The maximum atomic E-state index is 11.6. The Kier molecular flexibility index (Phi) is 1.80. The summed E-state index contributed by atoms with van der Waals surface area (Å²) in [6, 6.07) is 2.03. The van der Waals surface area contributed by atoms with Crippen molar-refractivity contribution in [3.8, 4) is 0 Å². The van der Waals surface area contributed by atoms with E-state index in [1.807, 2.05) is 6.07 Å². The van der Waals surface area contributed by atoms with E-state index in [1.54, 1.807) is 11.3 Å². The van der Waals surface area contributed by atoms with Gasteiger partial charge in [0.05, 0.1) is 4.88 Å².